The number of piperidine rings is 1. The van der Waals surface area contributed by atoms with E-state index >= 15 is 0 Å². The van der Waals surface area contributed by atoms with E-state index in [-0.39, 0.29) is 11.8 Å². The molecule has 1 aliphatic heterocycles. The highest BCUT2D eigenvalue weighted by atomic mass is 35.5. The molecule has 15 heavy (non-hydrogen) atoms. The van der Waals surface area contributed by atoms with Crippen LogP contribution in [0.2, 0.25) is 0 Å². The molecular formula is C11H21ClN2O. The number of halogens is 1. The summed E-state index contributed by atoms with van der Waals surface area (Å²) in [4.78, 5) is 13.8. The van der Waals surface area contributed by atoms with Crippen LogP contribution in [0.5, 0.6) is 0 Å². The van der Waals surface area contributed by atoms with Gasteiger partial charge in [-0.1, -0.05) is 13.3 Å². The monoisotopic (exact) mass is 232 g/mol. The zero-order valence-electron chi connectivity index (χ0n) is 9.63. The van der Waals surface area contributed by atoms with E-state index in [0.717, 1.165) is 13.1 Å². The van der Waals surface area contributed by atoms with Gasteiger partial charge in [-0.3, -0.25) is 4.79 Å². The summed E-state index contributed by atoms with van der Waals surface area (Å²) in [5.41, 5.74) is 0. The van der Waals surface area contributed by atoms with Crippen LogP contribution in [0.15, 0.2) is 0 Å². The largest absolute Gasteiger partial charge is 0.354 e. The van der Waals surface area contributed by atoms with Crippen LogP contribution >= 0.6 is 11.6 Å². The quantitative estimate of drug-likeness (QED) is 0.745. The number of amides is 1. The molecule has 88 valence electrons. The summed E-state index contributed by atoms with van der Waals surface area (Å²) in [6.07, 6.45) is 3.74. The predicted octanol–water partition coefficient (Wildman–Crippen LogP) is 1.46. The van der Waals surface area contributed by atoms with Crippen LogP contribution in [0.3, 0.4) is 0 Å². The van der Waals surface area contributed by atoms with Crippen molar-refractivity contribution in [2.75, 3.05) is 26.0 Å². The normalized spacial score (nSPS) is 24.9. The molecule has 0 aromatic heterocycles. The van der Waals surface area contributed by atoms with Crippen molar-refractivity contribution in [2.24, 2.45) is 5.92 Å². The highest BCUT2D eigenvalue weighted by Crippen LogP contribution is 2.14. The van der Waals surface area contributed by atoms with Gasteiger partial charge in [-0.2, -0.15) is 0 Å². The number of nitrogens with zero attached hydrogens (tertiary/aromatic N) is 1. The number of carbonyl (C=O) groups is 1. The first kappa shape index (κ1) is 12.8. The molecule has 0 aromatic rings. The van der Waals surface area contributed by atoms with Gasteiger partial charge in [0.05, 0.1) is 0 Å². The summed E-state index contributed by atoms with van der Waals surface area (Å²) in [6.45, 7) is 3.76. The number of hydrogen-bond acceptors (Lipinski definition) is 2. The minimum absolute atomic E-state index is 0.0731. The Kier molecular flexibility index (Phi) is 5.40. The van der Waals surface area contributed by atoms with Crippen LogP contribution < -0.4 is 5.32 Å². The maximum atomic E-state index is 11.5. The van der Waals surface area contributed by atoms with Gasteiger partial charge in [-0.05, 0) is 26.4 Å². The van der Waals surface area contributed by atoms with E-state index in [0.29, 0.717) is 11.9 Å². The second-order valence-corrected chi connectivity index (χ2v) is 4.74. The molecule has 2 unspecified atom stereocenters. The summed E-state index contributed by atoms with van der Waals surface area (Å²) in [5.74, 6) is 0.385. The number of nitrogens with one attached hydrogen (secondary N) is 1. The van der Waals surface area contributed by atoms with E-state index in [2.05, 4.69) is 17.3 Å². The number of rotatable bonds is 4. The Labute approximate surface area is 97.2 Å². The Morgan fingerprint density at radius 2 is 2.33 bits per heavy atom. The standard InChI is InChI=1S/C11H21ClN2O/c1-9(7-12)11(15)13-8-10-5-3-4-6-14(10)2/h9-10H,3-8H2,1-2H3,(H,13,15). The first-order valence-electron chi connectivity index (χ1n) is 5.69. The van der Waals surface area contributed by atoms with Gasteiger partial charge >= 0.3 is 0 Å². The average molecular weight is 233 g/mol. The van der Waals surface area contributed by atoms with Crippen molar-refractivity contribution in [3.8, 4) is 0 Å². The van der Waals surface area contributed by atoms with E-state index < -0.39 is 0 Å². The van der Waals surface area contributed by atoms with Crippen molar-refractivity contribution in [3.63, 3.8) is 0 Å². The zero-order chi connectivity index (χ0) is 11.3. The molecule has 0 aliphatic carbocycles. The lowest BCUT2D eigenvalue weighted by molar-refractivity contribution is -0.124. The predicted molar refractivity (Wildman–Crippen MR) is 63.2 cm³/mol. The molecule has 0 radical (unpaired) electrons. The Bertz CT molecular complexity index is 211. The molecule has 1 fully saturated rings. The summed E-state index contributed by atoms with van der Waals surface area (Å²) in [6, 6.07) is 0.505. The van der Waals surface area contributed by atoms with Gasteiger partial charge in [-0.25, -0.2) is 0 Å². The summed E-state index contributed by atoms with van der Waals surface area (Å²) in [7, 11) is 2.13. The van der Waals surface area contributed by atoms with Crippen LogP contribution in [-0.2, 0) is 4.79 Å². The van der Waals surface area contributed by atoms with Gasteiger partial charge in [0.1, 0.15) is 0 Å². The number of carbonyl (C=O) groups excluding carboxylic acids is 1. The summed E-state index contributed by atoms with van der Waals surface area (Å²) >= 11 is 5.63. The third-order valence-corrected chi connectivity index (χ3v) is 3.58. The molecule has 1 saturated heterocycles. The second-order valence-electron chi connectivity index (χ2n) is 4.43. The molecule has 4 heteroatoms. The van der Waals surface area contributed by atoms with E-state index in [9.17, 15) is 4.79 Å². The molecule has 1 N–H and O–H groups in total. The highest BCUT2D eigenvalue weighted by molar-refractivity contribution is 6.19. The number of likely N-dealkylation sites (tertiary alicyclic amines) is 1. The van der Waals surface area contributed by atoms with Gasteiger partial charge in [0.15, 0.2) is 0 Å². The zero-order valence-corrected chi connectivity index (χ0v) is 10.4. The molecule has 0 saturated carbocycles. The Hall–Kier alpha value is -0.280. The van der Waals surface area contributed by atoms with Crippen molar-refractivity contribution in [1.29, 1.82) is 0 Å². The third-order valence-electron chi connectivity index (χ3n) is 3.11. The van der Waals surface area contributed by atoms with Crippen LogP contribution in [0.25, 0.3) is 0 Å². The SMILES string of the molecule is CC(CCl)C(=O)NCC1CCCCN1C. The lowest BCUT2D eigenvalue weighted by atomic mass is 10.0. The lowest BCUT2D eigenvalue weighted by Gasteiger charge is -2.32. The van der Waals surface area contributed by atoms with Gasteiger partial charge in [0.25, 0.3) is 0 Å². The van der Waals surface area contributed by atoms with Crippen LogP contribution in [-0.4, -0.2) is 42.9 Å². The topological polar surface area (TPSA) is 32.3 Å². The number of likely N-dealkylation sites (N-methyl/N-ethyl adjacent to an activating group) is 1. The fraction of sp³-hybridized carbons (Fsp3) is 0.909. The van der Waals surface area contributed by atoms with Gasteiger partial charge in [0, 0.05) is 24.4 Å². The van der Waals surface area contributed by atoms with Crippen LogP contribution in [0.4, 0.5) is 0 Å². The minimum Gasteiger partial charge on any atom is -0.354 e. The summed E-state index contributed by atoms with van der Waals surface area (Å²) < 4.78 is 0. The van der Waals surface area contributed by atoms with Crippen molar-refractivity contribution in [3.05, 3.63) is 0 Å². The molecule has 0 spiro atoms. The fourth-order valence-electron chi connectivity index (χ4n) is 1.86. The number of alkyl halides is 1. The van der Waals surface area contributed by atoms with E-state index in [1.165, 1.54) is 19.3 Å². The Balaban J connectivity index is 2.26. The Morgan fingerprint density at radius 3 is 2.93 bits per heavy atom. The van der Waals surface area contributed by atoms with Gasteiger partial charge in [-0.15, -0.1) is 11.6 Å². The molecule has 1 rings (SSSR count). The molecule has 2 atom stereocenters. The third kappa shape index (κ3) is 3.99. The first-order chi connectivity index (χ1) is 7.15. The molecule has 0 bridgehead atoms. The maximum absolute atomic E-state index is 11.5. The van der Waals surface area contributed by atoms with E-state index in [1.807, 2.05) is 6.92 Å². The molecule has 1 amide bonds. The fourth-order valence-corrected chi connectivity index (χ4v) is 2.00. The Morgan fingerprint density at radius 1 is 1.60 bits per heavy atom. The van der Waals surface area contributed by atoms with Crippen molar-refractivity contribution in [2.45, 2.75) is 32.2 Å². The van der Waals surface area contributed by atoms with E-state index in [4.69, 9.17) is 11.6 Å². The first-order valence-corrected chi connectivity index (χ1v) is 6.22. The lowest BCUT2D eigenvalue weighted by Crippen LogP contribution is -2.45. The van der Waals surface area contributed by atoms with Gasteiger partial charge < -0.3 is 10.2 Å². The van der Waals surface area contributed by atoms with Crippen molar-refractivity contribution in [1.82, 2.24) is 10.2 Å². The van der Waals surface area contributed by atoms with Gasteiger partial charge in [0.2, 0.25) is 5.91 Å². The molecule has 1 aliphatic rings. The smallest absolute Gasteiger partial charge is 0.224 e. The summed E-state index contributed by atoms with van der Waals surface area (Å²) in [5, 5.41) is 2.97. The van der Waals surface area contributed by atoms with E-state index in [1.54, 1.807) is 0 Å². The minimum atomic E-state index is -0.0828. The van der Waals surface area contributed by atoms with Crippen molar-refractivity contribution < 1.29 is 4.79 Å². The molecule has 0 aromatic carbocycles. The molecule has 1 heterocycles. The molecular weight excluding hydrogens is 212 g/mol. The van der Waals surface area contributed by atoms with Crippen LogP contribution in [0.1, 0.15) is 26.2 Å². The van der Waals surface area contributed by atoms with Crippen LogP contribution in [0, 0.1) is 5.92 Å². The molecule has 3 nitrogen and oxygen atoms in total. The average Bonchev–Trinajstić information content (AvgIpc) is 2.26. The second kappa shape index (κ2) is 6.33. The maximum Gasteiger partial charge on any atom is 0.224 e. The number of hydrogen-bond donors (Lipinski definition) is 1. The van der Waals surface area contributed by atoms with Crippen molar-refractivity contribution >= 4 is 17.5 Å². The highest BCUT2D eigenvalue weighted by Gasteiger charge is 2.20.